The van der Waals surface area contributed by atoms with Gasteiger partial charge < -0.3 is 28.6 Å². The molecular formula is C36H45N3O9S. The Morgan fingerprint density at radius 3 is 2.47 bits per heavy atom. The third-order valence-electron chi connectivity index (χ3n) is 9.63. The molecule has 264 valence electrons. The van der Waals surface area contributed by atoms with E-state index in [-0.39, 0.29) is 29.5 Å². The lowest BCUT2D eigenvalue weighted by molar-refractivity contribution is -0.196. The maximum absolute atomic E-state index is 14.3. The van der Waals surface area contributed by atoms with E-state index >= 15 is 0 Å². The second-order valence-electron chi connectivity index (χ2n) is 12.7. The van der Waals surface area contributed by atoms with Crippen LogP contribution in [0.4, 0.5) is 10.5 Å². The lowest BCUT2D eigenvalue weighted by Crippen LogP contribution is -2.57. The van der Waals surface area contributed by atoms with Gasteiger partial charge in [-0.3, -0.25) is 4.79 Å². The molecule has 2 amide bonds. The zero-order valence-electron chi connectivity index (χ0n) is 28.3. The molecule has 0 bridgehead atoms. The average molecular weight is 696 g/mol. The Morgan fingerprint density at radius 2 is 1.82 bits per heavy atom. The van der Waals surface area contributed by atoms with Gasteiger partial charge in [-0.1, -0.05) is 30.9 Å². The van der Waals surface area contributed by atoms with Crippen LogP contribution in [0.15, 0.2) is 60.0 Å². The Morgan fingerprint density at radius 1 is 1.08 bits per heavy atom. The van der Waals surface area contributed by atoms with E-state index in [9.17, 15) is 18.0 Å². The van der Waals surface area contributed by atoms with Crippen LogP contribution in [0.3, 0.4) is 0 Å². The molecule has 2 aromatic carbocycles. The van der Waals surface area contributed by atoms with Crippen molar-refractivity contribution in [3.8, 4) is 5.75 Å². The molecule has 4 aliphatic heterocycles. The number of carbonyl (C=O) groups is 2. The first-order valence-electron chi connectivity index (χ1n) is 16.9. The van der Waals surface area contributed by atoms with Crippen LogP contribution in [0, 0.1) is 6.92 Å². The minimum absolute atomic E-state index is 0.0305. The molecule has 49 heavy (non-hydrogen) atoms. The lowest BCUT2D eigenvalue weighted by atomic mass is 9.92. The van der Waals surface area contributed by atoms with E-state index in [4.69, 9.17) is 23.7 Å². The van der Waals surface area contributed by atoms with Crippen molar-refractivity contribution in [3.05, 3.63) is 71.8 Å². The van der Waals surface area contributed by atoms with Crippen molar-refractivity contribution in [2.24, 2.45) is 0 Å². The number of amides is 2. The largest absolute Gasteiger partial charge is 0.496 e. The zero-order chi connectivity index (χ0) is 34.7. The van der Waals surface area contributed by atoms with E-state index in [0.29, 0.717) is 43.9 Å². The number of ether oxygens (including phenoxy) is 5. The zero-order valence-corrected chi connectivity index (χ0v) is 29.2. The van der Waals surface area contributed by atoms with Gasteiger partial charge in [0.2, 0.25) is 10.0 Å². The Hall–Kier alpha value is -3.75. The highest BCUT2D eigenvalue weighted by molar-refractivity contribution is 7.89. The molecule has 13 heteroatoms. The molecule has 4 atom stereocenters. The first-order chi connectivity index (χ1) is 23.6. The van der Waals surface area contributed by atoms with Gasteiger partial charge in [0.05, 0.1) is 29.3 Å². The second kappa shape index (κ2) is 15.0. The quantitative estimate of drug-likeness (QED) is 0.315. The van der Waals surface area contributed by atoms with Gasteiger partial charge in [-0.15, -0.1) is 0 Å². The van der Waals surface area contributed by atoms with Crippen molar-refractivity contribution < 1.29 is 41.7 Å². The van der Waals surface area contributed by atoms with Crippen LogP contribution < -0.4 is 9.64 Å². The highest BCUT2D eigenvalue weighted by atomic mass is 32.2. The Balaban J connectivity index is 1.36. The summed E-state index contributed by atoms with van der Waals surface area (Å²) < 4.78 is 57.8. The number of fused-ring (bicyclic) bond motifs is 2. The summed E-state index contributed by atoms with van der Waals surface area (Å²) in [6, 6.07) is 9.53. The molecule has 0 N–H and O–H groups in total. The van der Waals surface area contributed by atoms with Gasteiger partial charge in [0.25, 0.3) is 5.91 Å². The van der Waals surface area contributed by atoms with Crippen LogP contribution in [-0.4, -0.2) is 94.9 Å². The predicted octanol–water partition coefficient (Wildman–Crippen LogP) is 5.46. The summed E-state index contributed by atoms with van der Waals surface area (Å²) in [6.45, 7) is 6.80. The Kier molecular flexibility index (Phi) is 10.8. The molecule has 3 unspecified atom stereocenters. The molecule has 4 aliphatic rings. The van der Waals surface area contributed by atoms with Crippen molar-refractivity contribution >= 4 is 33.3 Å². The fraction of sp³-hybridized carbons (Fsp3) is 0.500. The summed E-state index contributed by atoms with van der Waals surface area (Å²) in [5, 5.41) is 0. The normalized spacial score (nSPS) is 24.4. The van der Waals surface area contributed by atoms with Crippen molar-refractivity contribution in [2.75, 3.05) is 45.4 Å². The fourth-order valence-corrected chi connectivity index (χ4v) is 8.20. The van der Waals surface area contributed by atoms with Crippen LogP contribution in [0.25, 0.3) is 5.57 Å². The van der Waals surface area contributed by atoms with Gasteiger partial charge in [0.1, 0.15) is 18.6 Å². The maximum Gasteiger partial charge on any atom is 0.416 e. The summed E-state index contributed by atoms with van der Waals surface area (Å²) in [6.07, 6.45) is 5.99. The van der Waals surface area contributed by atoms with Gasteiger partial charge in [-0.05, 0) is 92.8 Å². The number of sulfonamides is 1. The lowest BCUT2D eigenvalue weighted by Gasteiger charge is -2.42. The van der Waals surface area contributed by atoms with E-state index in [1.807, 2.05) is 13.0 Å². The summed E-state index contributed by atoms with van der Waals surface area (Å²) in [7, 11) is -0.690. The van der Waals surface area contributed by atoms with Crippen molar-refractivity contribution in [2.45, 2.75) is 81.6 Å². The molecule has 0 aromatic heterocycles. The molecule has 6 rings (SSSR count). The van der Waals surface area contributed by atoms with Gasteiger partial charge >= 0.3 is 6.09 Å². The molecule has 2 saturated heterocycles. The third-order valence-corrected chi connectivity index (χ3v) is 11.5. The van der Waals surface area contributed by atoms with Gasteiger partial charge in [-0.2, -0.15) is 4.31 Å². The molecule has 4 heterocycles. The van der Waals surface area contributed by atoms with Crippen LogP contribution in [0.5, 0.6) is 5.75 Å². The predicted molar refractivity (Wildman–Crippen MR) is 183 cm³/mol. The number of rotatable bonds is 9. The number of aryl methyl sites for hydroxylation is 1. The minimum atomic E-state index is -3.78. The molecular weight excluding hydrogens is 650 g/mol. The number of hydrogen-bond donors (Lipinski definition) is 0. The Labute approximate surface area is 288 Å². The van der Waals surface area contributed by atoms with Crippen molar-refractivity contribution in [1.29, 1.82) is 0 Å². The first-order valence-corrected chi connectivity index (χ1v) is 18.3. The van der Waals surface area contributed by atoms with E-state index in [0.717, 1.165) is 42.4 Å². The fourth-order valence-electron chi connectivity index (χ4n) is 6.91. The van der Waals surface area contributed by atoms with Gasteiger partial charge in [0.15, 0.2) is 12.5 Å². The summed E-state index contributed by atoms with van der Waals surface area (Å²) in [4.78, 5) is 31.6. The van der Waals surface area contributed by atoms with Crippen LogP contribution in [0.1, 0.15) is 66.4 Å². The molecule has 0 saturated carbocycles. The van der Waals surface area contributed by atoms with Gasteiger partial charge in [-0.25, -0.2) is 18.1 Å². The third kappa shape index (κ3) is 7.13. The van der Waals surface area contributed by atoms with Gasteiger partial charge in [0, 0.05) is 26.8 Å². The molecule has 2 fully saturated rings. The number of benzene rings is 2. The highest BCUT2D eigenvalue weighted by Crippen LogP contribution is 2.41. The molecule has 0 aliphatic carbocycles. The molecule has 12 nitrogen and oxygen atoms in total. The van der Waals surface area contributed by atoms with Crippen LogP contribution in [-0.2, 0) is 29.0 Å². The van der Waals surface area contributed by atoms with Crippen molar-refractivity contribution in [1.82, 2.24) is 9.21 Å². The van der Waals surface area contributed by atoms with E-state index < -0.39 is 40.9 Å². The van der Waals surface area contributed by atoms with E-state index in [1.54, 1.807) is 48.3 Å². The average Bonchev–Trinajstić information content (AvgIpc) is 3.22. The highest BCUT2D eigenvalue weighted by Gasteiger charge is 2.47. The topological polar surface area (TPSA) is 124 Å². The summed E-state index contributed by atoms with van der Waals surface area (Å²) in [5.74, 6) is 0.238. The molecule has 0 radical (unpaired) electrons. The number of hydrogen-bond acceptors (Lipinski definition) is 9. The molecule has 2 aromatic rings. The summed E-state index contributed by atoms with van der Waals surface area (Å²) >= 11 is 0. The van der Waals surface area contributed by atoms with Crippen LogP contribution >= 0.6 is 0 Å². The smallest absolute Gasteiger partial charge is 0.416 e. The number of anilines is 1. The number of carbonyl (C=O) groups excluding carboxylic acids is 2. The second-order valence-corrected chi connectivity index (χ2v) is 14.7. The SMILES string of the molecule is C=CCOC(=O)N1c2cc(C)c(OC)cc2C(=O)N2CC=C(c3ccc(S(=O)(=O)N(C)C4CCCCO4)cc3)C[C@H]2C1OC1CCCCO1. The standard InChI is InChI=1S/C36H45N3O9S/c1-5-18-47-36(41)39-29-21-24(2)31(44-4)23-28(29)34(40)38-17-16-26(22-30(38)35(39)48-33-11-7-9-20-46-33)25-12-14-27(15-13-25)49(42,43)37(3)32-10-6-8-19-45-32/h5,12-16,21,23,30,32-33,35H,1,6-11,17-20,22H2,2-4H3/t30-,32?,33?,35?/m0/s1. The molecule has 0 spiro atoms. The monoisotopic (exact) mass is 695 g/mol. The van der Waals surface area contributed by atoms with Crippen LogP contribution in [0.2, 0.25) is 0 Å². The van der Waals surface area contributed by atoms with E-state index in [2.05, 4.69) is 6.58 Å². The first kappa shape index (κ1) is 35.1. The van der Waals surface area contributed by atoms with E-state index in [1.165, 1.54) is 22.4 Å². The maximum atomic E-state index is 14.3. The minimum Gasteiger partial charge on any atom is -0.496 e. The van der Waals surface area contributed by atoms with Crippen molar-refractivity contribution in [3.63, 3.8) is 0 Å². The Bertz CT molecular complexity index is 1680. The number of methoxy groups -OCH3 is 1. The number of nitrogens with zero attached hydrogens (tertiary/aromatic N) is 3. The summed E-state index contributed by atoms with van der Waals surface area (Å²) in [5.41, 5.74) is 3.07.